The minimum atomic E-state index is -0.474. The summed E-state index contributed by atoms with van der Waals surface area (Å²) in [5.74, 6) is 0. The second-order valence-electron chi connectivity index (χ2n) is 3.53. The van der Waals surface area contributed by atoms with Gasteiger partial charge < -0.3 is 9.47 Å². The SMILES string of the molecule is O=C(Nc1cccc(Cl)c1)OC1CCOC1. The predicted molar refractivity (Wildman–Crippen MR) is 60.8 cm³/mol. The molecule has 1 heterocycles. The molecule has 86 valence electrons. The van der Waals surface area contributed by atoms with E-state index in [2.05, 4.69) is 5.32 Å². The summed E-state index contributed by atoms with van der Waals surface area (Å²) in [6.07, 6.45) is 0.139. The van der Waals surface area contributed by atoms with Crippen LogP contribution in [0.1, 0.15) is 6.42 Å². The van der Waals surface area contributed by atoms with Gasteiger partial charge in [0.05, 0.1) is 13.2 Å². The summed E-state index contributed by atoms with van der Waals surface area (Å²) in [7, 11) is 0. The Morgan fingerprint density at radius 1 is 1.56 bits per heavy atom. The van der Waals surface area contributed by atoms with Crippen LogP contribution >= 0.6 is 11.6 Å². The molecule has 1 N–H and O–H groups in total. The van der Waals surface area contributed by atoms with Gasteiger partial charge in [-0.05, 0) is 18.2 Å². The molecular formula is C11H12ClNO3. The van der Waals surface area contributed by atoms with Crippen LogP contribution in [-0.4, -0.2) is 25.4 Å². The molecule has 1 amide bonds. The van der Waals surface area contributed by atoms with Gasteiger partial charge in [-0.1, -0.05) is 17.7 Å². The smallest absolute Gasteiger partial charge is 0.411 e. The third-order valence-corrected chi connectivity index (χ3v) is 2.47. The van der Waals surface area contributed by atoms with Gasteiger partial charge >= 0.3 is 6.09 Å². The zero-order valence-corrected chi connectivity index (χ0v) is 9.37. The minimum Gasteiger partial charge on any atom is -0.443 e. The Labute approximate surface area is 98.5 Å². The van der Waals surface area contributed by atoms with Crippen LogP contribution in [0.2, 0.25) is 5.02 Å². The topological polar surface area (TPSA) is 47.6 Å². The Kier molecular flexibility index (Phi) is 3.64. The number of hydrogen-bond donors (Lipinski definition) is 1. The number of amides is 1. The van der Waals surface area contributed by atoms with Crippen molar-refractivity contribution in [2.75, 3.05) is 18.5 Å². The number of benzene rings is 1. The third-order valence-electron chi connectivity index (χ3n) is 2.23. The van der Waals surface area contributed by atoms with Crippen molar-refractivity contribution >= 4 is 23.4 Å². The fraction of sp³-hybridized carbons (Fsp3) is 0.364. The summed E-state index contributed by atoms with van der Waals surface area (Å²) in [4.78, 5) is 11.4. The van der Waals surface area contributed by atoms with E-state index in [-0.39, 0.29) is 6.10 Å². The minimum absolute atomic E-state index is 0.140. The lowest BCUT2D eigenvalue weighted by molar-refractivity contribution is 0.0932. The molecule has 1 aliphatic rings. The van der Waals surface area contributed by atoms with E-state index in [4.69, 9.17) is 21.1 Å². The highest BCUT2D eigenvalue weighted by molar-refractivity contribution is 6.30. The molecular weight excluding hydrogens is 230 g/mol. The number of anilines is 1. The third kappa shape index (κ3) is 3.12. The molecule has 0 spiro atoms. The Morgan fingerprint density at radius 2 is 2.44 bits per heavy atom. The molecule has 1 aliphatic heterocycles. The molecule has 0 saturated carbocycles. The predicted octanol–water partition coefficient (Wildman–Crippen LogP) is 2.68. The van der Waals surface area contributed by atoms with Gasteiger partial charge in [0.2, 0.25) is 0 Å². The van der Waals surface area contributed by atoms with E-state index in [0.717, 1.165) is 6.42 Å². The van der Waals surface area contributed by atoms with E-state index in [1.807, 2.05) is 0 Å². The number of rotatable bonds is 2. The maximum atomic E-state index is 11.4. The zero-order valence-electron chi connectivity index (χ0n) is 8.61. The van der Waals surface area contributed by atoms with Crippen LogP contribution in [0.4, 0.5) is 10.5 Å². The highest BCUT2D eigenvalue weighted by atomic mass is 35.5. The van der Waals surface area contributed by atoms with E-state index in [0.29, 0.717) is 23.9 Å². The molecule has 0 aromatic heterocycles. The van der Waals surface area contributed by atoms with Crippen LogP contribution in [0.25, 0.3) is 0 Å². The number of nitrogens with one attached hydrogen (secondary N) is 1. The van der Waals surface area contributed by atoms with E-state index in [1.165, 1.54) is 0 Å². The normalized spacial score (nSPS) is 19.4. The fourth-order valence-electron chi connectivity index (χ4n) is 1.47. The van der Waals surface area contributed by atoms with Crippen LogP contribution in [0.15, 0.2) is 24.3 Å². The second-order valence-corrected chi connectivity index (χ2v) is 3.96. The van der Waals surface area contributed by atoms with Crippen molar-refractivity contribution in [1.29, 1.82) is 0 Å². The van der Waals surface area contributed by atoms with Gasteiger partial charge in [0.1, 0.15) is 6.10 Å². The summed E-state index contributed by atoms with van der Waals surface area (Å²) < 4.78 is 10.2. The van der Waals surface area contributed by atoms with Crippen LogP contribution in [0.3, 0.4) is 0 Å². The van der Waals surface area contributed by atoms with Crippen molar-refractivity contribution in [3.63, 3.8) is 0 Å². The van der Waals surface area contributed by atoms with E-state index < -0.39 is 6.09 Å². The highest BCUT2D eigenvalue weighted by Gasteiger charge is 2.19. The van der Waals surface area contributed by atoms with E-state index in [1.54, 1.807) is 24.3 Å². The maximum absolute atomic E-state index is 11.4. The first kappa shape index (κ1) is 11.2. The molecule has 5 heteroatoms. The number of carbonyl (C=O) groups is 1. The van der Waals surface area contributed by atoms with E-state index in [9.17, 15) is 4.79 Å². The lowest BCUT2D eigenvalue weighted by Crippen LogP contribution is -2.22. The van der Waals surface area contributed by atoms with Crippen LogP contribution in [-0.2, 0) is 9.47 Å². The molecule has 2 rings (SSSR count). The average Bonchev–Trinajstić information content (AvgIpc) is 2.70. The summed E-state index contributed by atoms with van der Waals surface area (Å²) in [5, 5.41) is 3.18. The maximum Gasteiger partial charge on any atom is 0.411 e. The highest BCUT2D eigenvalue weighted by Crippen LogP contribution is 2.16. The van der Waals surface area contributed by atoms with Crippen molar-refractivity contribution in [2.45, 2.75) is 12.5 Å². The molecule has 1 saturated heterocycles. The van der Waals surface area contributed by atoms with Gasteiger partial charge in [-0.15, -0.1) is 0 Å². The Morgan fingerprint density at radius 3 is 3.12 bits per heavy atom. The lowest BCUT2D eigenvalue weighted by Gasteiger charge is -2.11. The van der Waals surface area contributed by atoms with Crippen molar-refractivity contribution < 1.29 is 14.3 Å². The molecule has 0 bridgehead atoms. The van der Waals surface area contributed by atoms with Crippen LogP contribution < -0.4 is 5.32 Å². The quantitative estimate of drug-likeness (QED) is 0.866. The summed E-state index contributed by atoms with van der Waals surface area (Å²) >= 11 is 5.79. The number of halogens is 1. The zero-order chi connectivity index (χ0) is 11.4. The fourth-order valence-corrected chi connectivity index (χ4v) is 1.66. The Hall–Kier alpha value is -1.26. The summed E-state index contributed by atoms with van der Waals surface area (Å²) in [6.45, 7) is 1.12. The van der Waals surface area contributed by atoms with Gasteiger partial charge in [-0.25, -0.2) is 4.79 Å². The van der Waals surface area contributed by atoms with Crippen LogP contribution in [0, 0.1) is 0 Å². The van der Waals surface area contributed by atoms with Gasteiger partial charge in [-0.3, -0.25) is 5.32 Å². The first-order chi connectivity index (χ1) is 7.74. The molecule has 0 aliphatic carbocycles. The van der Waals surface area contributed by atoms with Gasteiger partial charge in [-0.2, -0.15) is 0 Å². The molecule has 1 atom stereocenters. The molecule has 1 unspecified atom stereocenters. The van der Waals surface area contributed by atoms with Crippen LogP contribution in [0.5, 0.6) is 0 Å². The molecule has 1 aromatic rings. The molecule has 1 fully saturated rings. The largest absolute Gasteiger partial charge is 0.443 e. The Balaban J connectivity index is 1.86. The van der Waals surface area contributed by atoms with Gasteiger partial charge in [0.25, 0.3) is 0 Å². The second kappa shape index (κ2) is 5.18. The van der Waals surface area contributed by atoms with Crippen molar-refractivity contribution in [1.82, 2.24) is 0 Å². The molecule has 0 radical (unpaired) electrons. The molecule has 1 aromatic carbocycles. The summed E-state index contributed by atoms with van der Waals surface area (Å²) in [6, 6.07) is 6.91. The average molecular weight is 242 g/mol. The number of ether oxygens (including phenoxy) is 2. The van der Waals surface area contributed by atoms with Gasteiger partial charge in [0.15, 0.2) is 0 Å². The number of carbonyl (C=O) groups excluding carboxylic acids is 1. The lowest BCUT2D eigenvalue weighted by atomic mass is 10.3. The standard InChI is InChI=1S/C11H12ClNO3/c12-8-2-1-3-9(6-8)13-11(14)16-10-4-5-15-7-10/h1-3,6,10H,4-5,7H2,(H,13,14). The Bertz CT molecular complexity index is 377. The van der Waals surface area contributed by atoms with Crippen molar-refractivity contribution in [2.24, 2.45) is 0 Å². The monoisotopic (exact) mass is 241 g/mol. The molecule has 16 heavy (non-hydrogen) atoms. The van der Waals surface area contributed by atoms with Gasteiger partial charge in [0, 0.05) is 17.1 Å². The van der Waals surface area contributed by atoms with Crippen molar-refractivity contribution in [3.8, 4) is 0 Å². The van der Waals surface area contributed by atoms with Crippen molar-refractivity contribution in [3.05, 3.63) is 29.3 Å². The summed E-state index contributed by atoms with van der Waals surface area (Å²) in [5.41, 5.74) is 0.622. The number of hydrogen-bond acceptors (Lipinski definition) is 3. The van der Waals surface area contributed by atoms with E-state index >= 15 is 0 Å². The first-order valence-electron chi connectivity index (χ1n) is 5.05. The first-order valence-corrected chi connectivity index (χ1v) is 5.43. The molecule has 4 nitrogen and oxygen atoms in total.